The SMILES string of the molecule is O=C(c1ccc(F)cc1)N1CCC[C@H](C(=O)N(Cc2ccccc2)c2ccccc2)C1. The molecular formula is C26H25FN2O2. The topological polar surface area (TPSA) is 40.6 Å². The van der Waals surface area contributed by atoms with E-state index in [1.165, 1.54) is 24.3 Å². The Balaban J connectivity index is 1.53. The molecule has 4 nitrogen and oxygen atoms in total. The monoisotopic (exact) mass is 416 g/mol. The third kappa shape index (κ3) is 5.00. The van der Waals surface area contributed by atoms with Crippen molar-refractivity contribution < 1.29 is 14.0 Å². The first-order chi connectivity index (χ1) is 15.1. The van der Waals surface area contributed by atoms with Crippen molar-refractivity contribution in [2.45, 2.75) is 19.4 Å². The quantitative estimate of drug-likeness (QED) is 0.593. The van der Waals surface area contributed by atoms with Crippen molar-refractivity contribution in [1.82, 2.24) is 4.90 Å². The van der Waals surface area contributed by atoms with Crippen LogP contribution in [0.25, 0.3) is 0 Å². The fraction of sp³-hybridized carbons (Fsp3) is 0.231. The van der Waals surface area contributed by atoms with Gasteiger partial charge in [-0.2, -0.15) is 0 Å². The molecule has 5 heteroatoms. The van der Waals surface area contributed by atoms with E-state index < -0.39 is 0 Å². The molecule has 1 saturated heterocycles. The van der Waals surface area contributed by atoms with Crippen molar-refractivity contribution in [3.8, 4) is 0 Å². The minimum absolute atomic E-state index is 0.0201. The molecule has 158 valence electrons. The Morgan fingerprint density at radius 3 is 2.23 bits per heavy atom. The van der Waals surface area contributed by atoms with E-state index >= 15 is 0 Å². The van der Waals surface area contributed by atoms with Gasteiger partial charge in [-0.25, -0.2) is 4.39 Å². The minimum atomic E-state index is -0.373. The molecule has 0 unspecified atom stereocenters. The standard InChI is InChI=1S/C26H25FN2O2/c27-23-15-13-21(14-16-23)25(30)28-17-7-10-22(19-28)26(31)29(24-11-5-2-6-12-24)18-20-8-3-1-4-9-20/h1-6,8-9,11-16,22H,7,10,17-19H2/t22-/m0/s1. The highest BCUT2D eigenvalue weighted by atomic mass is 19.1. The van der Waals surface area contributed by atoms with Crippen LogP contribution in [0, 0.1) is 11.7 Å². The van der Waals surface area contributed by atoms with Gasteiger partial charge in [0.25, 0.3) is 5.91 Å². The number of piperidine rings is 1. The van der Waals surface area contributed by atoms with E-state index in [4.69, 9.17) is 0 Å². The van der Waals surface area contributed by atoms with Gasteiger partial charge in [0, 0.05) is 24.3 Å². The molecule has 1 aliphatic rings. The van der Waals surface area contributed by atoms with Gasteiger partial charge < -0.3 is 9.80 Å². The molecule has 1 aliphatic heterocycles. The molecule has 0 saturated carbocycles. The van der Waals surface area contributed by atoms with Crippen molar-refractivity contribution in [2.75, 3.05) is 18.0 Å². The number of likely N-dealkylation sites (tertiary alicyclic amines) is 1. The van der Waals surface area contributed by atoms with E-state index in [1.807, 2.05) is 65.6 Å². The van der Waals surface area contributed by atoms with Crippen LogP contribution in [0.1, 0.15) is 28.8 Å². The minimum Gasteiger partial charge on any atom is -0.338 e. The van der Waals surface area contributed by atoms with Crippen molar-refractivity contribution in [1.29, 1.82) is 0 Å². The van der Waals surface area contributed by atoms with Crippen LogP contribution in [0.4, 0.5) is 10.1 Å². The molecule has 0 spiro atoms. The summed E-state index contributed by atoms with van der Waals surface area (Å²) in [6.07, 6.45) is 1.50. The van der Waals surface area contributed by atoms with Crippen molar-refractivity contribution >= 4 is 17.5 Å². The second-order valence-electron chi connectivity index (χ2n) is 7.84. The average Bonchev–Trinajstić information content (AvgIpc) is 2.83. The maximum atomic E-state index is 13.6. The smallest absolute Gasteiger partial charge is 0.253 e. The van der Waals surface area contributed by atoms with Gasteiger partial charge in [0.1, 0.15) is 5.82 Å². The number of carbonyl (C=O) groups excluding carboxylic acids is 2. The molecule has 1 atom stereocenters. The summed E-state index contributed by atoms with van der Waals surface area (Å²) in [4.78, 5) is 30.0. The van der Waals surface area contributed by atoms with E-state index in [2.05, 4.69) is 0 Å². The van der Waals surface area contributed by atoms with Crippen LogP contribution >= 0.6 is 0 Å². The summed E-state index contributed by atoms with van der Waals surface area (Å²) >= 11 is 0. The van der Waals surface area contributed by atoms with E-state index in [0.29, 0.717) is 25.2 Å². The van der Waals surface area contributed by atoms with Gasteiger partial charge >= 0.3 is 0 Å². The Morgan fingerprint density at radius 1 is 0.903 bits per heavy atom. The van der Waals surface area contributed by atoms with Crippen LogP contribution < -0.4 is 4.90 Å². The summed E-state index contributed by atoms with van der Waals surface area (Å²) in [5.41, 5.74) is 2.34. The van der Waals surface area contributed by atoms with Gasteiger partial charge in [-0.05, 0) is 54.8 Å². The van der Waals surface area contributed by atoms with Crippen LogP contribution in [0.3, 0.4) is 0 Å². The number of halogens is 1. The molecule has 3 aromatic carbocycles. The highest BCUT2D eigenvalue weighted by Crippen LogP contribution is 2.25. The summed E-state index contributed by atoms with van der Waals surface area (Å²) in [6, 6.07) is 25.1. The molecule has 0 N–H and O–H groups in total. The lowest BCUT2D eigenvalue weighted by Gasteiger charge is -2.35. The van der Waals surface area contributed by atoms with Gasteiger partial charge in [0.05, 0.1) is 12.5 Å². The largest absolute Gasteiger partial charge is 0.338 e. The zero-order chi connectivity index (χ0) is 21.6. The zero-order valence-corrected chi connectivity index (χ0v) is 17.3. The number of carbonyl (C=O) groups is 2. The first kappa shape index (κ1) is 20.8. The van der Waals surface area contributed by atoms with Crippen LogP contribution in [0.5, 0.6) is 0 Å². The molecule has 3 aromatic rings. The number of hydrogen-bond acceptors (Lipinski definition) is 2. The van der Waals surface area contributed by atoms with Crippen LogP contribution in [-0.2, 0) is 11.3 Å². The maximum Gasteiger partial charge on any atom is 0.253 e. The molecule has 0 bridgehead atoms. The van der Waals surface area contributed by atoms with Crippen molar-refractivity contribution in [3.05, 3.63) is 102 Å². The van der Waals surface area contributed by atoms with Gasteiger partial charge in [0.15, 0.2) is 0 Å². The Hall–Kier alpha value is -3.47. The average molecular weight is 416 g/mol. The summed E-state index contributed by atoms with van der Waals surface area (Å²) in [5, 5.41) is 0. The predicted octanol–water partition coefficient (Wildman–Crippen LogP) is 4.91. The third-order valence-corrected chi connectivity index (χ3v) is 5.67. The third-order valence-electron chi connectivity index (χ3n) is 5.67. The summed E-state index contributed by atoms with van der Waals surface area (Å²) < 4.78 is 13.2. The molecule has 1 fully saturated rings. The number of amides is 2. The summed E-state index contributed by atoms with van der Waals surface area (Å²) in [5.74, 6) is -0.789. The molecule has 0 aliphatic carbocycles. The van der Waals surface area contributed by atoms with Crippen molar-refractivity contribution in [3.63, 3.8) is 0 Å². The lowest BCUT2D eigenvalue weighted by Crippen LogP contribution is -2.46. The van der Waals surface area contributed by atoms with Gasteiger partial charge in [0.2, 0.25) is 5.91 Å². The van der Waals surface area contributed by atoms with Crippen LogP contribution in [0.15, 0.2) is 84.9 Å². The van der Waals surface area contributed by atoms with Crippen LogP contribution in [-0.4, -0.2) is 29.8 Å². The summed E-state index contributed by atoms with van der Waals surface area (Å²) in [7, 11) is 0. The Morgan fingerprint density at radius 2 is 1.55 bits per heavy atom. The van der Waals surface area contributed by atoms with E-state index in [1.54, 1.807) is 4.90 Å². The zero-order valence-electron chi connectivity index (χ0n) is 17.3. The first-order valence-corrected chi connectivity index (χ1v) is 10.6. The highest BCUT2D eigenvalue weighted by molar-refractivity contribution is 5.97. The predicted molar refractivity (Wildman–Crippen MR) is 119 cm³/mol. The normalized spacial score (nSPS) is 16.0. The number of rotatable bonds is 5. The number of hydrogen-bond donors (Lipinski definition) is 0. The van der Waals surface area contributed by atoms with E-state index in [9.17, 15) is 14.0 Å². The molecule has 31 heavy (non-hydrogen) atoms. The lowest BCUT2D eigenvalue weighted by molar-refractivity contribution is -0.123. The molecule has 2 amide bonds. The fourth-order valence-corrected chi connectivity index (χ4v) is 4.03. The number of para-hydroxylation sites is 1. The second kappa shape index (κ2) is 9.56. The number of benzene rings is 3. The molecular weight excluding hydrogens is 391 g/mol. The number of anilines is 1. The van der Waals surface area contributed by atoms with Crippen molar-refractivity contribution in [2.24, 2.45) is 5.92 Å². The molecule has 0 aromatic heterocycles. The Bertz CT molecular complexity index is 1020. The highest BCUT2D eigenvalue weighted by Gasteiger charge is 2.32. The molecule has 0 radical (unpaired) electrons. The fourth-order valence-electron chi connectivity index (χ4n) is 4.03. The van der Waals surface area contributed by atoms with Gasteiger partial charge in [-0.1, -0.05) is 48.5 Å². The van der Waals surface area contributed by atoms with E-state index in [-0.39, 0.29) is 23.5 Å². The molecule has 4 rings (SSSR count). The molecule has 1 heterocycles. The lowest BCUT2D eigenvalue weighted by atomic mass is 9.95. The maximum absolute atomic E-state index is 13.6. The summed E-state index contributed by atoms with van der Waals surface area (Å²) in [6.45, 7) is 1.45. The Labute approximate surface area is 181 Å². The van der Waals surface area contributed by atoms with Crippen LogP contribution in [0.2, 0.25) is 0 Å². The Kier molecular flexibility index (Phi) is 6.41. The first-order valence-electron chi connectivity index (χ1n) is 10.6. The van der Waals surface area contributed by atoms with Gasteiger partial charge in [-0.15, -0.1) is 0 Å². The number of nitrogens with zero attached hydrogens (tertiary/aromatic N) is 2. The van der Waals surface area contributed by atoms with E-state index in [0.717, 1.165) is 24.1 Å². The van der Waals surface area contributed by atoms with Gasteiger partial charge in [-0.3, -0.25) is 9.59 Å². The second-order valence-corrected chi connectivity index (χ2v) is 7.84.